The third-order valence-electron chi connectivity index (χ3n) is 5.97. The van der Waals surface area contributed by atoms with Crippen LogP contribution in [0.4, 0.5) is 5.69 Å². The Labute approximate surface area is 185 Å². The molecule has 0 unspecified atom stereocenters. The van der Waals surface area contributed by atoms with Gasteiger partial charge in [0.05, 0.1) is 25.9 Å². The van der Waals surface area contributed by atoms with Crippen molar-refractivity contribution in [3.63, 3.8) is 0 Å². The first kappa shape index (κ1) is 22.8. The summed E-state index contributed by atoms with van der Waals surface area (Å²) < 4.78 is 5.30. The van der Waals surface area contributed by atoms with Gasteiger partial charge in [-0.3, -0.25) is 14.5 Å². The number of benzene rings is 2. The van der Waals surface area contributed by atoms with Crippen LogP contribution in [0.25, 0.3) is 0 Å². The second-order valence-corrected chi connectivity index (χ2v) is 8.23. The Morgan fingerprint density at radius 1 is 1.10 bits per heavy atom. The van der Waals surface area contributed by atoms with Crippen LogP contribution in [0, 0.1) is 6.92 Å². The van der Waals surface area contributed by atoms with E-state index in [2.05, 4.69) is 34.6 Å². The van der Waals surface area contributed by atoms with Crippen LogP contribution in [0.15, 0.2) is 48.5 Å². The number of hydrogen-bond acceptors (Lipinski definition) is 4. The molecule has 0 spiro atoms. The van der Waals surface area contributed by atoms with E-state index in [0.29, 0.717) is 17.5 Å². The van der Waals surface area contributed by atoms with Crippen molar-refractivity contribution < 1.29 is 14.3 Å². The maximum absolute atomic E-state index is 12.7. The molecule has 2 amide bonds. The van der Waals surface area contributed by atoms with Crippen LogP contribution < -0.4 is 15.4 Å². The molecule has 1 fully saturated rings. The van der Waals surface area contributed by atoms with E-state index in [1.54, 1.807) is 7.11 Å². The number of aryl methyl sites for hydroxylation is 1. The molecule has 6 nitrogen and oxygen atoms in total. The fraction of sp³-hybridized carbons (Fsp3) is 0.440. The minimum absolute atomic E-state index is 0.0752. The molecule has 0 aliphatic heterocycles. The average Bonchev–Trinajstić information content (AvgIpc) is 3.31. The van der Waals surface area contributed by atoms with Crippen molar-refractivity contribution in [3.05, 3.63) is 59.7 Å². The van der Waals surface area contributed by atoms with Gasteiger partial charge in [-0.15, -0.1) is 0 Å². The van der Waals surface area contributed by atoms with E-state index < -0.39 is 0 Å². The molecule has 3 rings (SSSR count). The summed E-state index contributed by atoms with van der Waals surface area (Å²) >= 11 is 0. The summed E-state index contributed by atoms with van der Waals surface area (Å²) in [5.74, 6) is 0.177. The molecular weight excluding hydrogens is 390 g/mol. The van der Waals surface area contributed by atoms with Gasteiger partial charge in [-0.2, -0.15) is 0 Å². The minimum atomic E-state index is -0.277. The molecule has 0 aromatic heterocycles. The highest BCUT2D eigenvalue weighted by atomic mass is 16.5. The summed E-state index contributed by atoms with van der Waals surface area (Å²) in [4.78, 5) is 27.4. The fourth-order valence-electron chi connectivity index (χ4n) is 4.26. The van der Waals surface area contributed by atoms with E-state index in [4.69, 9.17) is 4.74 Å². The highest BCUT2D eigenvalue weighted by Crippen LogP contribution is 2.30. The number of methoxy groups -OCH3 is 1. The first-order valence-corrected chi connectivity index (χ1v) is 11.0. The summed E-state index contributed by atoms with van der Waals surface area (Å²) in [5, 5.41) is 5.60. The maximum Gasteiger partial charge on any atom is 0.243 e. The molecule has 31 heavy (non-hydrogen) atoms. The number of carbonyl (C=O) groups excluding carboxylic acids is 2. The molecule has 2 aromatic rings. The van der Waals surface area contributed by atoms with Crippen molar-refractivity contribution in [1.82, 2.24) is 10.2 Å². The molecular formula is C25H33N3O3. The Bertz CT molecular complexity index is 879. The Hall–Kier alpha value is -2.86. The van der Waals surface area contributed by atoms with Crippen LogP contribution in [0.2, 0.25) is 0 Å². The van der Waals surface area contributed by atoms with E-state index in [9.17, 15) is 9.59 Å². The van der Waals surface area contributed by atoms with Gasteiger partial charge in [0.2, 0.25) is 11.8 Å². The number of amides is 2. The first-order chi connectivity index (χ1) is 15.0. The van der Waals surface area contributed by atoms with Crippen LogP contribution in [0.1, 0.15) is 49.8 Å². The fourth-order valence-corrected chi connectivity index (χ4v) is 4.26. The molecule has 2 N–H and O–H groups in total. The second-order valence-electron chi connectivity index (χ2n) is 8.23. The van der Waals surface area contributed by atoms with Crippen LogP contribution >= 0.6 is 0 Å². The molecule has 1 atom stereocenters. The van der Waals surface area contributed by atoms with Crippen molar-refractivity contribution in [2.24, 2.45) is 0 Å². The number of anilines is 1. The highest BCUT2D eigenvalue weighted by molar-refractivity contribution is 5.96. The topological polar surface area (TPSA) is 70.7 Å². The molecule has 0 heterocycles. The van der Waals surface area contributed by atoms with E-state index in [1.807, 2.05) is 43.3 Å². The van der Waals surface area contributed by atoms with Crippen LogP contribution in [-0.4, -0.2) is 43.0 Å². The lowest BCUT2D eigenvalue weighted by Crippen LogP contribution is -2.44. The Morgan fingerprint density at radius 2 is 1.81 bits per heavy atom. The predicted molar refractivity (Wildman–Crippen MR) is 123 cm³/mol. The van der Waals surface area contributed by atoms with Crippen molar-refractivity contribution in [1.29, 1.82) is 0 Å². The Kier molecular flexibility index (Phi) is 8.06. The molecule has 0 saturated heterocycles. The van der Waals surface area contributed by atoms with Gasteiger partial charge in [0.1, 0.15) is 5.75 Å². The van der Waals surface area contributed by atoms with Crippen molar-refractivity contribution >= 4 is 17.5 Å². The summed E-state index contributed by atoms with van der Waals surface area (Å²) in [7, 11) is 1.56. The third kappa shape index (κ3) is 6.31. The molecule has 6 heteroatoms. The molecule has 0 radical (unpaired) electrons. The van der Waals surface area contributed by atoms with E-state index in [0.717, 1.165) is 18.4 Å². The molecule has 166 valence electrons. The quantitative estimate of drug-likeness (QED) is 0.638. The zero-order valence-corrected chi connectivity index (χ0v) is 18.7. The number of nitrogens with zero attached hydrogens (tertiary/aromatic N) is 1. The van der Waals surface area contributed by atoms with Gasteiger partial charge >= 0.3 is 0 Å². The second kappa shape index (κ2) is 11.0. The first-order valence-electron chi connectivity index (χ1n) is 11.0. The summed E-state index contributed by atoms with van der Waals surface area (Å²) in [6.07, 6.45) is 4.62. The average molecular weight is 424 g/mol. The lowest BCUT2D eigenvalue weighted by Gasteiger charge is -2.34. The largest absolute Gasteiger partial charge is 0.495 e. The summed E-state index contributed by atoms with van der Waals surface area (Å²) in [5.41, 5.74) is 2.82. The summed E-state index contributed by atoms with van der Waals surface area (Å²) in [6, 6.07) is 16.4. The van der Waals surface area contributed by atoms with Crippen molar-refractivity contribution in [3.8, 4) is 5.75 Å². The zero-order chi connectivity index (χ0) is 22.2. The number of ether oxygens (including phenoxy) is 1. The molecule has 1 aliphatic carbocycles. The number of carbonyl (C=O) groups is 2. The Morgan fingerprint density at radius 3 is 2.48 bits per heavy atom. The van der Waals surface area contributed by atoms with Gasteiger partial charge in [-0.1, -0.05) is 49.2 Å². The molecule has 1 saturated carbocycles. The number of nitrogens with one attached hydrogen (secondary N) is 2. The molecule has 0 bridgehead atoms. The zero-order valence-electron chi connectivity index (χ0n) is 18.7. The number of hydrogen-bond donors (Lipinski definition) is 2. The summed E-state index contributed by atoms with van der Waals surface area (Å²) in [6.45, 7) is 4.30. The van der Waals surface area contributed by atoms with E-state index in [1.165, 1.54) is 18.4 Å². The standard InChI is InChI=1S/C25H33N3O3/c1-18-13-14-23(31-3)22(15-18)27-24(29)16-26-25(30)17-28(21-11-7-8-12-21)19(2)20-9-5-4-6-10-20/h4-6,9-10,13-15,19,21H,7-8,11-12,16-17H2,1-3H3,(H,26,30)(H,27,29)/t19-/m0/s1. The van der Waals surface area contributed by atoms with Crippen LogP contribution in [0.3, 0.4) is 0 Å². The molecule has 1 aliphatic rings. The minimum Gasteiger partial charge on any atom is -0.495 e. The van der Waals surface area contributed by atoms with Gasteiger partial charge in [0, 0.05) is 12.1 Å². The van der Waals surface area contributed by atoms with Gasteiger partial charge < -0.3 is 15.4 Å². The monoisotopic (exact) mass is 423 g/mol. The van der Waals surface area contributed by atoms with Gasteiger partial charge in [-0.25, -0.2) is 0 Å². The highest BCUT2D eigenvalue weighted by Gasteiger charge is 2.29. The normalized spacial score (nSPS) is 15.0. The van der Waals surface area contributed by atoms with Gasteiger partial charge in [-0.05, 0) is 49.9 Å². The predicted octanol–water partition coefficient (Wildman–Crippen LogP) is 4.06. The van der Waals surface area contributed by atoms with Crippen LogP contribution in [-0.2, 0) is 9.59 Å². The maximum atomic E-state index is 12.7. The van der Waals surface area contributed by atoms with Gasteiger partial charge in [0.15, 0.2) is 0 Å². The lowest BCUT2D eigenvalue weighted by atomic mass is 10.0. The van der Waals surface area contributed by atoms with E-state index in [-0.39, 0.29) is 30.9 Å². The van der Waals surface area contributed by atoms with Crippen molar-refractivity contribution in [2.75, 3.05) is 25.5 Å². The van der Waals surface area contributed by atoms with Gasteiger partial charge in [0.25, 0.3) is 0 Å². The van der Waals surface area contributed by atoms with Crippen molar-refractivity contribution in [2.45, 2.75) is 51.6 Å². The number of rotatable bonds is 9. The smallest absolute Gasteiger partial charge is 0.243 e. The third-order valence-corrected chi connectivity index (χ3v) is 5.97. The van der Waals surface area contributed by atoms with Crippen LogP contribution in [0.5, 0.6) is 5.75 Å². The lowest BCUT2D eigenvalue weighted by molar-refractivity contribution is -0.126. The van der Waals surface area contributed by atoms with E-state index >= 15 is 0 Å². The SMILES string of the molecule is COc1ccc(C)cc1NC(=O)CNC(=O)CN(C1CCCC1)[C@@H](C)c1ccccc1. The molecule has 2 aromatic carbocycles. The Balaban J connectivity index is 1.58.